The molecule has 0 bridgehead atoms. The molecule has 0 unspecified atom stereocenters. The van der Waals surface area contributed by atoms with Gasteiger partial charge in [0.15, 0.2) is 0 Å². The Morgan fingerprint density at radius 2 is 2.25 bits per heavy atom. The van der Waals surface area contributed by atoms with Gasteiger partial charge in [0.2, 0.25) is 0 Å². The third-order valence-electron chi connectivity index (χ3n) is 0.659. The molecule has 8 heavy (non-hydrogen) atoms. The Labute approximate surface area is 52.9 Å². The molecule has 0 rings (SSSR count). The molecule has 3 heteroatoms. The zero-order valence-electron chi connectivity index (χ0n) is 4.93. The average molecular weight is 132 g/mol. The van der Waals surface area contributed by atoms with Crippen LogP contribution in [0, 0.1) is 0 Å². The second-order valence-corrected chi connectivity index (χ2v) is 2.02. The number of rotatable bonds is 2. The van der Waals surface area contributed by atoms with Crippen LogP contribution in [-0.4, -0.2) is 19.3 Å². The molecular weight excluding hydrogens is 124 g/mol. The van der Waals surface area contributed by atoms with E-state index in [-0.39, 0.29) is 5.97 Å². The monoisotopic (exact) mass is 132 g/mol. The van der Waals surface area contributed by atoms with Crippen LogP contribution in [0.4, 0.5) is 0 Å². The van der Waals surface area contributed by atoms with Crippen LogP contribution in [0.3, 0.4) is 0 Å². The summed E-state index contributed by atoms with van der Waals surface area (Å²) in [7, 11) is 1.34. The molecule has 0 radical (unpaired) electrons. The van der Waals surface area contributed by atoms with Crippen LogP contribution < -0.4 is 0 Å². The van der Waals surface area contributed by atoms with Gasteiger partial charge in [-0.05, 0) is 6.26 Å². The summed E-state index contributed by atoms with van der Waals surface area (Å²) in [6.07, 6.45) is 1.78. The van der Waals surface area contributed by atoms with E-state index >= 15 is 0 Å². The van der Waals surface area contributed by atoms with Gasteiger partial charge in [-0.1, -0.05) is 6.58 Å². The zero-order chi connectivity index (χ0) is 6.57. The molecule has 0 fully saturated rings. The number of methoxy groups -OCH3 is 1. The van der Waals surface area contributed by atoms with Gasteiger partial charge in [0.25, 0.3) is 0 Å². The molecule has 0 aromatic carbocycles. The van der Waals surface area contributed by atoms with Crippen molar-refractivity contribution in [2.45, 2.75) is 0 Å². The third kappa shape index (κ3) is 2.02. The van der Waals surface area contributed by atoms with E-state index < -0.39 is 0 Å². The highest BCUT2D eigenvalue weighted by molar-refractivity contribution is 8.03. The zero-order valence-corrected chi connectivity index (χ0v) is 5.75. The van der Waals surface area contributed by atoms with Crippen LogP contribution in [0.5, 0.6) is 0 Å². The molecule has 0 aliphatic rings. The molecular formula is C5H8O2S. The summed E-state index contributed by atoms with van der Waals surface area (Å²) in [5.74, 6) is -0.350. The Morgan fingerprint density at radius 1 is 1.75 bits per heavy atom. The van der Waals surface area contributed by atoms with Gasteiger partial charge in [-0.15, -0.1) is 11.8 Å². The van der Waals surface area contributed by atoms with E-state index in [9.17, 15) is 4.79 Å². The summed E-state index contributed by atoms with van der Waals surface area (Å²) in [6, 6.07) is 0. The van der Waals surface area contributed by atoms with Crippen molar-refractivity contribution in [3.05, 3.63) is 11.5 Å². The van der Waals surface area contributed by atoms with E-state index in [2.05, 4.69) is 11.3 Å². The maximum Gasteiger partial charge on any atom is 0.343 e. The highest BCUT2D eigenvalue weighted by Crippen LogP contribution is 2.08. The Bertz CT molecular complexity index is 95.0. The molecule has 0 aliphatic carbocycles. The van der Waals surface area contributed by atoms with Crippen LogP contribution in [0.15, 0.2) is 11.5 Å². The fourth-order valence-corrected chi connectivity index (χ4v) is 0.447. The first-order valence-corrected chi connectivity index (χ1v) is 3.26. The first-order valence-electron chi connectivity index (χ1n) is 2.03. The van der Waals surface area contributed by atoms with Crippen molar-refractivity contribution in [2.24, 2.45) is 0 Å². The van der Waals surface area contributed by atoms with Crippen molar-refractivity contribution in [2.75, 3.05) is 13.4 Å². The lowest BCUT2D eigenvalue weighted by atomic mass is 10.6. The molecule has 2 nitrogen and oxygen atoms in total. The number of ether oxygens (including phenoxy) is 1. The van der Waals surface area contributed by atoms with E-state index in [0.717, 1.165) is 0 Å². The summed E-state index contributed by atoms with van der Waals surface area (Å²) in [4.78, 5) is 10.8. The van der Waals surface area contributed by atoms with Gasteiger partial charge in [-0.3, -0.25) is 0 Å². The van der Waals surface area contributed by atoms with E-state index in [1.54, 1.807) is 6.26 Å². The van der Waals surface area contributed by atoms with Crippen LogP contribution in [-0.2, 0) is 9.53 Å². The summed E-state index contributed by atoms with van der Waals surface area (Å²) >= 11 is 1.29. The smallest absolute Gasteiger partial charge is 0.343 e. The largest absolute Gasteiger partial charge is 0.465 e. The van der Waals surface area contributed by atoms with E-state index in [0.29, 0.717) is 4.91 Å². The lowest BCUT2D eigenvalue weighted by molar-refractivity contribution is -0.135. The fraction of sp³-hybridized carbons (Fsp3) is 0.400. The van der Waals surface area contributed by atoms with Crippen LogP contribution in [0.2, 0.25) is 0 Å². The molecule has 0 heterocycles. The van der Waals surface area contributed by atoms with Crippen molar-refractivity contribution in [3.63, 3.8) is 0 Å². The van der Waals surface area contributed by atoms with Crippen molar-refractivity contribution < 1.29 is 9.53 Å². The van der Waals surface area contributed by atoms with Gasteiger partial charge < -0.3 is 4.74 Å². The van der Waals surface area contributed by atoms with E-state index in [1.807, 2.05) is 0 Å². The number of hydrogen-bond acceptors (Lipinski definition) is 3. The topological polar surface area (TPSA) is 26.3 Å². The number of thioether (sulfide) groups is 1. The molecule has 0 N–H and O–H groups in total. The highest BCUT2D eigenvalue weighted by atomic mass is 32.2. The minimum atomic E-state index is -0.350. The first-order chi connectivity index (χ1) is 3.72. The third-order valence-corrected chi connectivity index (χ3v) is 1.32. The van der Waals surface area contributed by atoms with Crippen LogP contribution >= 0.6 is 11.8 Å². The predicted molar refractivity (Wildman–Crippen MR) is 34.7 cm³/mol. The van der Waals surface area contributed by atoms with E-state index in [1.165, 1.54) is 18.9 Å². The maximum absolute atomic E-state index is 10.4. The molecule has 0 saturated heterocycles. The molecule has 0 amide bonds. The van der Waals surface area contributed by atoms with Gasteiger partial charge in [0, 0.05) is 0 Å². The normalized spacial score (nSPS) is 8.25. The average Bonchev–Trinajstić information content (AvgIpc) is 1.84. The second kappa shape index (κ2) is 3.55. The van der Waals surface area contributed by atoms with Gasteiger partial charge in [-0.2, -0.15) is 0 Å². The predicted octanol–water partition coefficient (Wildman–Crippen LogP) is 1.04. The Hall–Kier alpha value is -0.440. The SMILES string of the molecule is C=C(SC)C(=O)OC. The van der Waals surface area contributed by atoms with Gasteiger partial charge in [0.1, 0.15) is 0 Å². The van der Waals surface area contributed by atoms with Crippen molar-refractivity contribution >= 4 is 17.7 Å². The molecule has 0 aliphatic heterocycles. The Balaban J connectivity index is 3.64. The maximum atomic E-state index is 10.4. The lowest BCUT2D eigenvalue weighted by Crippen LogP contribution is -1.99. The summed E-state index contributed by atoms with van der Waals surface area (Å²) in [5, 5.41) is 0. The van der Waals surface area contributed by atoms with Gasteiger partial charge in [0.05, 0.1) is 12.0 Å². The fourth-order valence-electron chi connectivity index (χ4n) is 0.197. The quantitative estimate of drug-likeness (QED) is 0.414. The van der Waals surface area contributed by atoms with E-state index in [4.69, 9.17) is 0 Å². The summed E-state index contributed by atoms with van der Waals surface area (Å²) < 4.78 is 4.34. The Kier molecular flexibility index (Phi) is 3.35. The van der Waals surface area contributed by atoms with Crippen LogP contribution in [0.1, 0.15) is 0 Å². The van der Waals surface area contributed by atoms with Gasteiger partial charge in [-0.25, -0.2) is 4.79 Å². The molecule has 46 valence electrons. The second-order valence-electron chi connectivity index (χ2n) is 1.12. The number of esters is 1. The number of hydrogen-bond donors (Lipinski definition) is 0. The lowest BCUT2D eigenvalue weighted by Gasteiger charge is -1.95. The Morgan fingerprint density at radius 3 is 2.38 bits per heavy atom. The molecule has 0 saturated carbocycles. The summed E-state index contributed by atoms with van der Waals surface area (Å²) in [6.45, 7) is 3.43. The molecule has 0 aromatic rings. The summed E-state index contributed by atoms with van der Waals surface area (Å²) in [5.41, 5.74) is 0. The van der Waals surface area contributed by atoms with Gasteiger partial charge >= 0.3 is 5.97 Å². The molecule has 0 aromatic heterocycles. The van der Waals surface area contributed by atoms with Crippen molar-refractivity contribution in [1.82, 2.24) is 0 Å². The first kappa shape index (κ1) is 7.56. The molecule has 0 atom stereocenters. The minimum Gasteiger partial charge on any atom is -0.465 e. The van der Waals surface area contributed by atoms with Crippen LogP contribution in [0.25, 0.3) is 0 Å². The minimum absolute atomic E-state index is 0.350. The standard InChI is InChI=1S/C5H8O2S/c1-4(8-3)5(6)7-2/h1H2,2-3H3. The number of carbonyl (C=O) groups is 1. The van der Waals surface area contributed by atoms with Crippen molar-refractivity contribution in [3.8, 4) is 0 Å². The highest BCUT2D eigenvalue weighted by Gasteiger charge is 2.01. The number of carbonyl (C=O) groups excluding carboxylic acids is 1. The molecule has 0 spiro atoms. The van der Waals surface area contributed by atoms with Crippen molar-refractivity contribution in [1.29, 1.82) is 0 Å².